The molecular formula is C14H20O3S. The molecule has 100 valence electrons. The predicted octanol–water partition coefficient (Wildman–Crippen LogP) is 3.36. The highest BCUT2D eigenvalue weighted by Crippen LogP contribution is 2.16. The average molecular weight is 268 g/mol. The zero-order valence-corrected chi connectivity index (χ0v) is 11.7. The van der Waals surface area contributed by atoms with Crippen LogP contribution in [0.1, 0.15) is 25.3 Å². The van der Waals surface area contributed by atoms with Crippen LogP contribution in [-0.4, -0.2) is 28.7 Å². The van der Waals surface area contributed by atoms with Crippen molar-refractivity contribution in [3.05, 3.63) is 29.8 Å². The van der Waals surface area contributed by atoms with Crippen LogP contribution < -0.4 is 4.74 Å². The van der Waals surface area contributed by atoms with Crippen molar-refractivity contribution in [3.63, 3.8) is 0 Å². The van der Waals surface area contributed by atoms with Gasteiger partial charge in [0.05, 0.1) is 13.0 Å². The predicted molar refractivity (Wildman–Crippen MR) is 75.5 cm³/mol. The van der Waals surface area contributed by atoms with Gasteiger partial charge in [0.1, 0.15) is 5.75 Å². The number of hydrogen-bond acceptors (Lipinski definition) is 3. The van der Waals surface area contributed by atoms with E-state index in [0.29, 0.717) is 6.61 Å². The monoisotopic (exact) mass is 268 g/mol. The SMILES string of the molecule is Cc1cccc(OCCCSC(C)CC(=O)O)c1. The van der Waals surface area contributed by atoms with E-state index in [9.17, 15) is 4.79 Å². The lowest BCUT2D eigenvalue weighted by Crippen LogP contribution is -2.07. The number of aryl methyl sites for hydroxylation is 1. The third-order valence-electron chi connectivity index (χ3n) is 2.41. The quantitative estimate of drug-likeness (QED) is 0.734. The summed E-state index contributed by atoms with van der Waals surface area (Å²) in [5.41, 5.74) is 1.19. The Hall–Kier alpha value is -1.16. The molecule has 1 N–H and O–H groups in total. The molecule has 0 fully saturated rings. The first-order valence-corrected chi connectivity index (χ1v) is 7.15. The van der Waals surface area contributed by atoms with Crippen LogP contribution in [0.3, 0.4) is 0 Å². The molecule has 1 rings (SSSR count). The molecule has 4 heteroatoms. The van der Waals surface area contributed by atoms with Crippen LogP contribution in [0, 0.1) is 6.92 Å². The van der Waals surface area contributed by atoms with Gasteiger partial charge in [-0.2, -0.15) is 11.8 Å². The van der Waals surface area contributed by atoms with Crippen molar-refractivity contribution < 1.29 is 14.6 Å². The molecule has 0 saturated heterocycles. The number of rotatable bonds is 8. The first-order chi connectivity index (χ1) is 8.58. The molecule has 0 saturated carbocycles. The third kappa shape index (κ3) is 6.55. The maximum atomic E-state index is 10.5. The minimum Gasteiger partial charge on any atom is -0.494 e. The summed E-state index contributed by atoms with van der Waals surface area (Å²) >= 11 is 1.68. The van der Waals surface area contributed by atoms with Gasteiger partial charge >= 0.3 is 5.97 Å². The highest BCUT2D eigenvalue weighted by atomic mass is 32.2. The summed E-state index contributed by atoms with van der Waals surface area (Å²) in [6, 6.07) is 7.98. The number of thioether (sulfide) groups is 1. The van der Waals surface area contributed by atoms with Crippen molar-refractivity contribution in [1.29, 1.82) is 0 Å². The number of carboxylic acid groups (broad SMARTS) is 1. The van der Waals surface area contributed by atoms with Crippen molar-refractivity contribution in [1.82, 2.24) is 0 Å². The van der Waals surface area contributed by atoms with Gasteiger partial charge in [-0.05, 0) is 36.8 Å². The van der Waals surface area contributed by atoms with Gasteiger partial charge in [0, 0.05) is 5.25 Å². The molecule has 0 radical (unpaired) electrons. The highest BCUT2D eigenvalue weighted by Gasteiger charge is 2.07. The van der Waals surface area contributed by atoms with Gasteiger partial charge in [0.2, 0.25) is 0 Å². The van der Waals surface area contributed by atoms with E-state index in [1.807, 2.05) is 38.1 Å². The Bertz CT molecular complexity index is 379. The topological polar surface area (TPSA) is 46.5 Å². The maximum absolute atomic E-state index is 10.5. The molecule has 0 aliphatic heterocycles. The van der Waals surface area contributed by atoms with E-state index < -0.39 is 5.97 Å². The van der Waals surface area contributed by atoms with E-state index in [1.165, 1.54) is 5.56 Å². The van der Waals surface area contributed by atoms with Crippen LogP contribution in [-0.2, 0) is 4.79 Å². The van der Waals surface area contributed by atoms with Gasteiger partial charge in [0.25, 0.3) is 0 Å². The van der Waals surface area contributed by atoms with Crippen molar-refractivity contribution in [3.8, 4) is 5.75 Å². The number of carbonyl (C=O) groups is 1. The Morgan fingerprint density at radius 3 is 2.94 bits per heavy atom. The van der Waals surface area contributed by atoms with E-state index in [4.69, 9.17) is 9.84 Å². The zero-order chi connectivity index (χ0) is 13.4. The second-order valence-corrected chi connectivity index (χ2v) is 5.84. The average Bonchev–Trinajstić information content (AvgIpc) is 2.27. The number of ether oxygens (including phenoxy) is 1. The van der Waals surface area contributed by atoms with Gasteiger partial charge in [-0.3, -0.25) is 4.79 Å². The number of carboxylic acids is 1. The first-order valence-electron chi connectivity index (χ1n) is 6.11. The number of benzene rings is 1. The minimum absolute atomic E-state index is 0.168. The molecule has 1 unspecified atom stereocenters. The van der Waals surface area contributed by atoms with Gasteiger partial charge in [-0.15, -0.1) is 0 Å². The van der Waals surface area contributed by atoms with E-state index in [1.54, 1.807) is 11.8 Å². The molecule has 3 nitrogen and oxygen atoms in total. The summed E-state index contributed by atoms with van der Waals surface area (Å²) in [6.45, 7) is 4.66. The number of hydrogen-bond donors (Lipinski definition) is 1. The lowest BCUT2D eigenvalue weighted by molar-refractivity contribution is -0.136. The van der Waals surface area contributed by atoms with Gasteiger partial charge in [0.15, 0.2) is 0 Å². The number of aliphatic carboxylic acids is 1. The standard InChI is InChI=1S/C14H20O3S/c1-11-5-3-6-13(9-11)17-7-4-8-18-12(2)10-14(15)16/h3,5-6,9,12H,4,7-8,10H2,1-2H3,(H,15,16). The fourth-order valence-corrected chi connectivity index (χ4v) is 2.49. The summed E-state index contributed by atoms with van der Waals surface area (Å²) in [5, 5.41) is 8.79. The van der Waals surface area contributed by atoms with E-state index >= 15 is 0 Å². The molecule has 18 heavy (non-hydrogen) atoms. The molecule has 1 aromatic carbocycles. The lowest BCUT2D eigenvalue weighted by Gasteiger charge is -2.09. The normalized spacial score (nSPS) is 12.1. The molecule has 0 aliphatic rings. The molecule has 0 amide bonds. The molecule has 0 heterocycles. The Morgan fingerprint density at radius 1 is 1.50 bits per heavy atom. The molecule has 0 spiro atoms. The van der Waals surface area contributed by atoms with E-state index in [0.717, 1.165) is 17.9 Å². The van der Waals surface area contributed by atoms with Gasteiger partial charge < -0.3 is 9.84 Å². The van der Waals surface area contributed by atoms with Gasteiger partial charge in [-0.25, -0.2) is 0 Å². The smallest absolute Gasteiger partial charge is 0.304 e. The zero-order valence-electron chi connectivity index (χ0n) is 10.9. The fourth-order valence-electron chi connectivity index (χ4n) is 1.54. The van der Waals surface area contributed by atoms with Crippen LogP contribution in [0.4, 0.5) is 0 Å². The second kappa shape index (κ2) is 8.03. The molecule has 1 atom stereocenters. The van der Waals surface area contributed by atoms with Crippen LogP contribution in [0.25, 0.3) is 0 Å². The summed E-state index contributed by atoms with van der Waals surface area (Å²) in [4.78, 5) is 10.5. The molecule has 1 aromatic rings. The largest absolute Gasteiger partial charge is 0.494 e. The Morgan fingerprint density at radius 2 is 2.28 bits per heavy atom. The van der Waals surface area contributed by atoms with Gasteiger partial charge in [-0.1, -0.05) is 19.1 Å². The Labute approximate surface area is 113 Å². The summed E-state index contributed by atoms with van der Waals surface area (Å²) in [6.07, 6.45) is 1.16. The highest BCUT2D eigenvalue weighted by molar-refractivity contribution is 7.99. The minimum atomic E-state index is -0.731. The Balaban J connectivity index is 2.10. The van der Waals surface area contributed by atoms with Crippen molar-refractivity contribution in [2.24, 2.45) is 0 Å². The lowest BCUT2D eigenvalue weighted by atomic mass is 10.2. The summed E-state index contributed by atoms with van der Waals surface area (Å²) < 4.78 is 5.62. The Kier molecular flexibility index (Phi) is 6.65. The van der Waals surface area contributed by atoms with Crippen molar-refractivity contribution in [2.45, 2.75) is 31.9 Å². The van der Waals surface area contributed by atoms with E-state index in [2.05, 4.69) is 0 Å². The van der Waals surface area contributed by atoms with Crippen LogP contribution >= 0.6 is 11.8 Å². The third-order valence-corrected chi connectivity index (χ3v) is 3.67. The van der Waals surface area contributed by atoms with Crippen LogP contribution in [0.15, 0.2) is 24.3 Å². The van der Waals surface area contributed by atoms with Crippen LogP contribution in [0.5, 0.6) is 5.75 Å². The maximum Gasteiger partial charge on any atom is 0.304 e. The molecule has 0 aliphatic carbocycles. The summed E-state index contributed by atoms with van der Waals surface area (Å²) in [7, 11) is 0. The molecular weight excluding hydrogens is 248 g/mol. The summed E-state index contributed by atoms with van der Waals surface area (Å²) in [5.74, 6) is 1.10. The molecule has 0 aromatic heterocycles. The fraction of sp³-hybridized carbons (Fsp3) is 0.500. The van der Waals surface area contributed by atoms with Crippen molar-refractivity contribution >= 4 is 17.7 Å². The van der Waals surface area contributed by atoms with Crippen molar-refractivity contribution in [2.75, 3.05) is 12.4 Å². The second-order valence-electron chi connectivity index (χ2n) is 4.30. The molecule has 0 bridgehead atoms. The van der Waals surface area contributed by atoms with E-state index in [-0.39, 0.29) is 11.7 Å². The van der Waals surface area contributed by atoms with Crippen LogP contribution in [0.2, 0.25) is 0 Å². The first kappa shape index (κ1) is 14.9.